The van der Waals surface area contributed by atoms with Gasteiger partial charge in [0.2, 0.25) is 0 Å². The summed E-state index contributed by atoms with van der Waals surface area (Å²) < 4.78 is 26.2. The maximum Gasteiger partial charge on any atom is 0.469 e. The number of esters is 2. The van der Waals surface area contributed by atoms with Crippen LogP contribution in [0.2, 0.25) is 0 Å². The maximum absolute atomic E-state index is 12.3. The number of carbonyl (C=O) groups is 2. The van der Waals surface area contributed by atoms with Crippen LogP contribution in [-0.4, -0.2) is 41.0 Å². The number of rotatable bonds is 29. The first-order valence-corrected chi connectivity index (χ1v) is 18.5. The standard InChI is InChI=1S/C37H59O8P/c1-3-5-7-9-11-13-15-17-18-20-21-23-25-27-29-31-36(38)43-33-35(34-44-46(40,41)42)45-37(39)32-30-28-26-24-22-19-16-14-12-10-8-6-4-2/h5-16,19,22,35H,3-4,17-18,20-21,23-34H2,1-2H3,(H2,40,41,42)/b7-5+,8-6+,11-9+,12-10+,15-13+,16-14+,22-19+. The van der Waals surface area contributed by atoms with Crippen molar-refractivity contribution < 1.29 is 37.9 Å². The summed E-state index contributed by atoms with van der Waals surface area (Å²) in [4.78, 5) is 42.6. The van der Waals surface area contributed by atoms with Crippen molar-refractivity contribution in [3.05, 3.63) is 85.1 Å². The highest BCUT2D eigenvalue weighted by molar-refractivity contribution is 7.46. The first kappa shape index (κ1) is 43.2. The van der Waals surface area contributed by atoms with Gasteiger partial charge in [-0.1, -0.05) is 137 Å². The van der Waals surface area contributed by atoms with E-state index in [4.69, 9.17) is 19.3 Å². The summed E-state index contributed by atoms with van der Waals surface area (Å²) in [5.41, 5.74) is 0. The van der Waals surface area contributed by atoms with Crippen LogP contribution in [0, 0.1) is 0 Å². The van der Waals surface area contributed by atoms with E-state index in [1.54, 1.807) is 0 Å². The Bertz CT molecular complexity index is 1020. The molecule has 0 rings (SSSR count). The highest BCUT2D eigenvalue weighted by Gasteiger charge is 2.22. The molecule has 0 spiro atoms. The predicted molar refractivity (Wildman–Crippen MR) is 188 cm³/mol. The van der Waals surface area contributed by atoms with Gasteiger partial charge in [0, 0.05) is 12.8 Å². The fourth-order valence-corrected chi connectivity index (χ4v) is 4.45. The Morgan fingerprint density at radius 1 is 0.565 bits per heavy atom. The van der Waals surface area contributed by atoms with Gasteiger partial charge in [-0.25, -0.2) is 4.57 Å². The second kappa shape index (κ2) is 32.2. The third-order valence-electron chi connectivity index (χ3n) is 6.56. The van der Waals surface area contributed by atoms with Gasteiger partial charge in [0.25, 0.3) is 0 Å². The first-order chi connectivity index (χ1) is 22.3. The summed E-state index contributed by atoms with van der Waals surface area (Å²) in [6, 6.07) is 0. The van der Waals surface area contributed by atoms with Gasteiger partial charge in [-0.05, 0) is 51.4 Å². The molecule has 0 radical (unpaired) electrons. The number of allylic oxidation sites excluding steroid dienone is 14. The van der Waals surface area contributed by atoms with Crippen molar-refractivity contribution in [1.29, 1.82) is 0 Å². The van der Waals surface area contributed by atoms with Crippen molar-refractivity contribution >= 4 is 19.8 Å². The quantitative estimate of drug-likeness (QED) is 0.0352. The minimum absolute atomic E-state index is 0.158. The number of phosphoric acid groups is 1. The Kier molecular flexibility index (Phi) is 30.2. The van der Waals surface area contributed by atoms with Crippen molar-refractivity contribution in [3.63, 3.8) is 0 Å². The Morgan fingerprint density at radius 3 is 1.48 bits per heavy atom. The number of carbonyl (C=O) groups excluding carboxylic acids is 2. The molecule has 0 saturated carbocycles. The molecular formula is C37H59O8P. The van der Waals surface area contributed by atoms with Gasteiger partial charge in [-0.15, -0.1) is 0 Å². The highest BCUT2D eigenvalue weighted by atomic mass is 31.2. The van der Waals surface area contributed by atoms with Crippen LogP contribution in [-0.2, 0) is 28.2 Å². The lowest BCUT2D eigenvalue weighted by Gasteiger charge is -2.18. The molecular weight excluding hydrogens is 603 g/mol. The van der Waals surface area contributed by atoms with E-state index in [2.05, 4.69) is 60.9 Å². The third-order valence-corrected chi connectivity index (χ3v) is 7.05. The fourth-order valence-electron chi connectivity index (χ4n) is 4.09. The van der Waals surface area contributed by atoms with Gasteiger partial charge in [0.15, 0.2) is 6.10 Å². The summed E-state index contributed by atoms with van der Waals surface area (Å²) in [5, 5.41) is 0. The Balaban J connectivity index is 4.12. The van der Waals surface area contributed by atoms with Crippen LogP contribution in [0.15, 0.2) is 85.1 Å². The van der Waals surface area contributed by atoms with Crippen LogP contribution in [0.4, 0.5) is 0 Å². The first-order valence-electron chi connectivity index (χ1n) is 17.0. The SMILES string of the molecule is CC/C=C/C=C/C=C/C=C/CCCCCC(=O)OC(COC(=O)CCCCCCCCC/C=C/C=C/C=C/CC)COP(=O)(O)O. The van der Waals surface area contributed by atoms with E-state index in [0.29, 0.717) is 12.8 Å². The van der Waals surface area contributed by atoms with E-state index >= 15 is 0 Å². The topological polar surface area (TPSA) is 119 Å². The van der Waals surface area contributed by atoms with Crippen molar-refractivity contribution in [2.45, 2.75) is 123 Å². The molecule has 1 unspecified atom stereocenters. The zero-order chi connectivity index (χ0) is 34.0. The largest absolute Gasteiger partial charge is 0.469 e. The molecule has 0 saturated heterocycles. The van der Waals surface area contributed by atoms with Gasteiger partial charge >= 0.3 is 19.8 Å². The molecule has 0 aromatic carbocycles. The maximum atomic E-state index is 12.3. The van der Waals surface area contributed by atoms with Crippen molar-refractivity contribution in [1.82, 2.24) is 0 Å². The predicted octanol–water partition coefficient (Wildman–Crippen LogP) is 9.73. The number of ether oxygens (including phenoxy) is 2. The Labute approximate surface area is 278 Å². The zero-order valence-electron chi connectivity index (χ0n) is 28.2. The lowest BCUT2D eigenvalue weighted by Crippen LogP contribution is -2.29. The highest BCUT2D eigenvalue weighted by Crippen LogP contribution is 2.35. The molecule has 0 aliphatic heterocycles. The van der Waals surface area contributed by atoms with Crippen LogP contribution >= 0.6 is 7.82 Å². The molecule has 260 valence electrons. The van der Waals surface area contributed by atoms with Crippen molar-refractivity contribution in [3.8, 4) is 0 Å². The lowest BCUT2D eigenvalue weighted by molar-refractivity contribution is -0.161. The lowest BCUT2D eigenvalue weighted by atomic mass is 10.1. The number of hydrogen-bond acceptors (Lipinski definition) is 6. The average molecular weight is 663 g/mol. The summed E-state index contributed by atoms with van der Waals surface area (Å²) in [7, 11) is -4.77. The Morgan fingerprint density at radius 2 is 0.978 bits per heavy atom. The number of hydrogen-bond donors (Lipinski definition) is 2. The second-order valence-electron chi connectivity index (χ2n) is 10.9. The molecule has 8 nitrogen and oxygen atoms in total. The average Bonchev–Trinajstić information content (AvgIpc) is 3.02. The minimum Gasteiger partial charge on any atom is -0.462 e. The number of phosphoric ester groups is 1. The molecule has 0 fully saturated rings. The van der Waals surface area contributed by atoms with Gasteiger partial charge in [-0.2, -0.15) is 0 Å². The molecule has 9 heteroatoms. The van der Waals surface area contributed by atoms with Gasteiger partial charge < -0.3 is 19.3 Å². The molecule has 1 atom stereocenters. The summed E-state index contributed by atoms with van der Waals surface area (Å²) in [6.45, 7) is 3.33. The van der Waals surface area contributed by atoms with E-state index in [1.165, 1.54) is 19.3 Å². The molecule has 2 N–H and O–H groups in total. The van der Waals surface area contributed by atoms with Gasteiger partial charge in [-0.3, -0.25) is 14.1 Å². The molecule has 0 aliphatic rings. The molecule has 0 amide bonds. The van der Waals surface area contributed by atoms with Gasteiger partial charge in [0.1, 0.15) is 6.61 Å². The molecule has 0 bridgehead atoms. The summed E-state index contributed by atoms with van der Waals surface area (Å²) in [6.07, 6.45) is 41.6. The van der Waals surface area contributed by atoms with Crippen LogP contribution < -0.4 is 0 Å². The van der Waals surface area contributed by atoms with Crippen LogP contribution in [0.1, 0.15) is 117 Å². The van der Waals surface area contributed by atoms with E-state index in [0.717, 1.165) is 57.8 Å². The monoisotopic (exact) mass is 662 g/mol. The van der Waals surface area contributed by atoms with Crippen molar-refractivity contribution in [2.24, 2.45) is 0 Å². The van der Waals surface area contributed by atoms with Crippen LogP contribution in [0.25, 0.3) is 0 Å². The molecule has 0 aromatic rings. The molecule has 0 heterocycles. The third kappa shape index (κ3) is 34.1. The van der Waals surface area contributed by atoms with E-state index in [1.807, 2.05) is 42.5 Å². The summed E-state index contributed by atoms with van der Waals surface area (Å²) in [5.74, 6) is -0.957. The van der Waals surface area contributed by atoms with Crippen LogP contribution in [0.5, 0.6) is 0 Å². The van der Waals surface area contributed by atoms with Crippen molar-refractivity contribution in [2.75, 3.05) is 13.2 Å². The van der Waals surface area contributed by atoms with E-state index < -0.39 is 32.5 Å². The smallest absolute Gasteiger partial charge is 0.462 e. The normalized spacial score (nSPS) is 13.6. The van der Waals surface area contributed by atoms with Crippen LogP contribution in [0.3, 0.4) is 0 Å². The van der Waals surface area contributed by atoms with E-state index in [-0.39, 0.29) is 19.4 Å². The number of unbranched alkanes of at least 4 members (excludes halogenated alkanes) is 10. The second-order valence-corrected chi connectivity index (χ2v) is 12.1. The molecule has 0 aliphatic carbocycles. The molecule has 46 heavy (non-hydrogen) atoms. The van der Waals surface area contributed by atoms with Gasteiger partial charge in [0.05, 0.1) is 6.61 Å². The zero-order valence-corrected chi connectivity index (χ0v) is 29.1. The van der Waals surface area contributed by atoms with E-state index in [9.17, 15) is 14.2 Å². The summed E-state index contributed by atoms with van der Waals surface area (Å²) >= 11 is 0. The molecule has 0 aromatic heterocycles. The Hall–Kier alpha value is -2.77. The minimum atomic E-state index is -4.77. The fraction of sp³-hybridized carbons (Fsp3) is 0.568.